The Morgan fingerprint density at radius 1 is 1.27 bits per heavy atom. The van der Waals surface area contributed by atoms with E-state index in [4.69, 9.17) is 0 Å². The van der Waals surface area contributed by atoms with Gasteiger partial charge in [-0.3, -0.25) is 0 Å². The Labute approximate surface area is 92.1 Å². The van der Waals surface area contributed by atoms with Crippen LogP contribution >= 0.6 is 0 Å². The topological polar surface area (TPSA) is 20.2 Å². The molecular formula is C14H20O. The van der Waals surface area contributed by atoms with Crippen LogP contribution in [0, 0.1) is 5.41 Å². The number of fused-ring (bicyclic) bond motifs is 1. The molecule has 82 valence electrons. The zero-order chi connectivity index (χ0) is 11.1. The maximum atomic E-state index is 9.38. The van der Waals surface area contributed by atoms with Crippen molar-refractivity contribution in [3.8, 4) is 0 Å². The van der Waals surface area contributed by atoms with Gasteiger partial charge in [0.25, 0.3) is 0 Å². The normalized spacial score (nSPS) is 24.6. The van der Waals surface area contributed by atoms with Crippen LogP contribution in [0.25, 0.3) is 0 Å². The van der Waals surface area contributed by atoms with E-state index in [1.54, 1.807) is 0 Å². The smallest absolute Gasteiger partial charge is 0.0491 e. The monoisotopic (exact) mass is 204 g/mol. The summed E-state index contributed by atoms with van der Waals surface area (Å²) in [6.07, 6.45) is 2.05. The Bertz CT molecular complexity index is 368. The standard InChI is InChI=1S/C14H20O/c1-10(2)11-4-5-12-7-14(3,9-15)8-13(12)6-11/h4-6,10,15H,7-9H2,1-3H3. The first-order chi connectivity index (χ1) is 7.04. The van der Waals surface area contributed by atoms with E-state index in [2.05, 4.69) is 39.0 Å². The van der Waals surface area contributed by atoms with Crippen molar-refractivity contribution in [3.05, 3.63) is 34.9 Å². The van der Waals surface area contributed by atoms with Crippen LogP contribution in [0.5, 0.6) is 0 Å². The van der Waals surface area contributed by atoms with Crippen molar-refractivity contribution in [2.24, 2.45) is 5.41 Å². The predicted molar refractivity (Wildman–Crippen MR) is 63.1 cm³/mol. The molecule has 0 heterocycles. The highest BCUT2D eigenvalue weighted by Crippen LogP contribution is 2.37. The molecule has 1 unspecified atom stereocenters. The summed E-state index contributed by atoms with van der Waals surface area (Å²) in [4.78, 5) is 0. The van der Waals surface area contributed by atoms with Gasteiger partial charge in [-0.1, -0.05) is 39.0 Å². The molecule has 1 aliphatic carbocycles. The van der Waals surface area contributed by atoms with Gasteiger partial charge in [-0.15, -0.1) is 0 Å². The number of benzene rings is 1. The number of aliphatic hydroxyl groups is 1. The van der Waals surface area contributed by atoms with Crippen LogP contribution < -0.4 is 0 Å². The third kappa shape index (κ3) is 1.93. The van der Waals surface area contributed by atoms with E-state index in [1.165, 1.54) is 16.7 Å². The molecule has 1 N–H and O–H groups in total. The van der Waals surface area contributed by atoms with Crippen molar-refractivity contribution >= 4 is 0 Å². The van der Waals surface area contributed by atoms with E-state index in [0.29, 0.717) is 12.5 Å². The lowest BCUT2D eigenvalue weighted by Gasteiger charge is -2.19. The summed E-state index contributed by atoms with van der Waals surface area (Å²) in [5, 5.41) is 9.38. The van der Waals surface area contributed by atoms with Gasteiger partial charge in [0.15, 0.2) is 0 Å². The maximum Gasteiger partial charge on any atom is 0.0491 e. The van der Waals surface area contributed by atoms with Crippen molar-refractivity contribution in [3.63, 3.8) is 0 Å². The number of aliphatic hydroxyl groups excluding tert-OH is 1. The van der Waals surface area contributed by atoms with E-state index < -0.39 is 0 Å². The Balaban J connectivity index is 2.31. The molecule has 1 nitrogen and oxygen atoms in total. The van der Waals surface area contributed by atoms with Gasteiger partial charge in [-0.2, -0.15) is 0 Å². The number of rotatable bonds is 2. The first kappa shape index (κ1) is 10.7. The first-order valence-corrected chi connectivity index (χ1v) is 5.77. The molecule has 1 aromatic carbocycles. The second kappa shape index (κ2) is 3.64. The van der Waals surface area contributed by atoms with Crippen LogP contribution in [-0.4, -0.2) is 11.7 Å². The Hall–Kier alpha value is -0.820. The minimum Gasteiger partial charge on any atom is -0.396 e. The van der Waals surface area contributed by atoms with E-state index in [-0.39, 0.29) is 5.41 Å². The third-order valence-electron chi connectivity index (χ3n) is 3.51. The molecule has 0 radical (unpaired) electrons. The molecule has 1 heteroatoms. The SMILES string of the molecule is CC(C)c1ccc2c(c1)CC(C)(CO)C2. The number of hydrogen-bond donors (Lipinski definition) is 1. The summed E-state index contributed by atoms with van der Waals surface area (Å²) in [5.41, 5.74) is 4.36. The second-order valence-corrected chi connectivity index (χ2v) is 5.51. The molecule has 1 aromatic rings. The fraction of sp³-hybridized carbons (Fsp3) is 0.571. The van der Waals surface area contributed by atoms with Crippen LogP contribution in [0.15, 0.2) is 18.2 Å². The van der Waals surface area contributed by atoms with Gasteiger partial charge >= 0.3 is 0 Å². The summed E-state index contributed by atoms with van der Waals surface area (Å²) in [6.45, 7) is 6.91. The summed E-state index contributed by atoms with van der Waals surface area (Å²) >= 11 is 0. The summed E-state index contributed by atoms with van der Waals surface area (Å²) in [5.74, 6) is 0.594. The first-order valence-electron chi connectivity index (χ1n) is 5.77. The zero-order valence-corrected chi connectivity index (χ0v) is 9.88. The Morgan fingerprint density at radius 2 is 1.93 bits per heavy atom. The van der Waals surface area contributed by atoms with E-state index >= 15 is 0 Å². The van der Waals surface area contributed by atoms with Crippen LogP contribution in [-0.2, 0) is 12.8 Å². The lowest BCUT2D eigenvalue weighted by Crippen LogP contribution is -2.21. The molecular weight excluding hydrogens is 184 g/mol. The van der Waals surface area contributed by atoms with E-state index in [0.717, 1.165) is 12.8 Å². The van der Waals surface area contributed by atoms with Gasteiger partial charge in [0.05, 0.1) is 0 Å². The highest BCUT2D eigenvalue weighted by Gasteiger charge is 2.32. The molecule has 0 fully saturated rings. The van der Waals surface area contributed by atoms with Crippen molar-refractivity contribution in [1.29, 1.82) is 0 Å². The van der Waals surface area contributed by atoms with Crippen molar-refractivity contribution < 1.29 is 5.11 Å². The molecule has 0 aliphatic heterocycles. The van der Waals surface area contributed by atoms with Gasteiger partial charge in [0, 0.05) is 6.61 Å². The third-order valence-corrected chi connectivity index (χ3v) is 3.51. The Kier molecular flexibility index (Phi) is 2.59. The molecule has 1 atom stereocenters. The van der Waals surface area contributed by atoms with Gasteiger partial charge in [0.1, 0.15) is 0 Å². The van der Waals surface area contributed by atoms with Gasteiger partial charge in [-0.05, 0) is 40.9 Å². The maximum absolute atomic E-state index is 9.38. The molecule has 0 amide bonds. The summed E-state index contributed by atoms with van der Waals surface area (Å²) < 4.78 is 0. The minimum absolute atomic E-state index is 0.0813. The molecule has 0 spiro atoms. The van der Waals surface area contributed by atoms with Crippen LogP contribution in [0.3, 0.4) is 0 Å². The minimum atomic E-state index is 0.0813. The van der Waals surface area contributed by atoms with Gasteiger partial charge < -0.3 is 5.11 Å². The molecule has 1 aliphatic rings. The highest BCUT2D eigenvalue weighted by atomic mass is 16.3. The fourth-order valence-electron chi connectivity index (χ4n) is 2.44. The van der Waals surface area contributed by atoms with Crippen LogP contribution in [0.4, 0.5) is 0 Å². The van der Waals surface area contributed by atoms with Crippen molar-refractivity contribution in [2.45, 2.75) is 39.5 Å². The molecule has 0 aromatic heterocycles. The lowest BCUT2D eigenvalue weighted by atomic mass is 9.88. The summed E-state index contributed by atoms with van der Waals surface area (Å²) in [6, 6.07) is 6.79. The molecule has 2 rings (SSSR count). The van der Waals surface area contributed by atoms with Gasteiger partial charge in [-0.25, -0.2) is 0 Å². The molecule has 0 saturated carbocycles. The Morgan fingerprint density at radius 3 is 2.53 bits per heavy atom. The highest BCUT2D eigenvalue weighted by molar-refractivity contribution is 5.38. The fourth-order valence-corrected chi connectivity index (χ4v) is 2.44. The average molecular weight is 204 g/mol. The van der Waals surface area contributed by atoms with E-state index in [1.807, 2.05) is 0 Å². The number of hydrogen-bond acceptors (Lipinski definition) is 1. The van der Waals surface area contributed by atoms with Crippen LogP contribution in [0.1, 0.15) is 43.4 Å². The summed E-state index contributed by atoms with van der Waals surface area (Å²) in [7, 11) is 0. The van der Waals surface area contributed by atoms with Gasteiger partial charge in [0.2, 0.25) is 0 Å². The lowest BCUT2D eigenvalue weighted by molar-refractivity contribution is 0.152. The van der Waals surface area contributed by atoms with E-state index in [9.17, 15) is 5.11 Å². The molecule has 15 heavy (non-hydrogen) atoms. The quantitative estimate of drug-likeness (QED) is 0.785. The van der Waals surface area contributed by atoms with Crippen LogP contribution in [0.2, 0.25) is 0 Å². The second-order valence-electron chi connectivity index (χ2n) is 5.51. The largest absolute Gasteiger partial charge is 0.396 e. The molecule has 0 bridgehead atoms. The molecule has 0 saturated heterocycles. The zero-order valence-electron chi connectivity index (χ0n) is 9.88. The average Bonchev–Trinajstić information content (AvgIpc) is 2.53. The van der Waals surface area contributed by atoms with Crippen molar-refractivity contribution in [1.82, 2.24) is 0 Å². The van der Waals surface area contributed by atoms with Crippen molar-refractivity contribution in [2.75, 3.05) is 6.61 Å². The predicted octanol–water partition coefficient (Wildman–Crippen LogP) is 2.91.